The molecule has 0 spiro atoms. The van der Waals surface area contributed by atoms with Crippen molar-refractivity contribution in [1.82, 2.24) is 10.3 Å². The summed E-state index contributed by atoms with van der Waals surface area (Å²) in [5.74, 6) is 0. The largest absolute Gasteiger partial charge is 0.395 e. The number of nitrogens with zero attached hydrogens (tertiary/aromatic N) is 1. The van der Waals surface area contributed by atoms with Crippen LogP contribution in [0.2, 0.25) is 0 Å². The van der Waals surface area contributed by atoms with Crippen molar-refractivity contribution in [2.75, 3.05) is 18.5 Å². The lowest BCUT2D eigenvalue weighted by atomic mass is 9.91. The summed E-state index contributed by atoms with van der Waals surface area (Å²) in [6.07, 6.45) is 8.45. The number of fused-ring (bicyclic) bond motifs is 1. The number of nitrogens with one attached hydrogen (secondary N) is 2. The van der Waals surface area contributed by atoms with Crippen LogP contribution in [-0.2, 0) is 0 Å². The number of hydrogen-bond donors (Lipinski definition) is 3. The summed E-state index contributed by atoms with van der Waals surface area (Å²) in [5, 5.41) is 18.4. The van der Waals surface area contributed by atoms with Gasteiger partial charge in [-0.05, 0) is 37.8 Å². The maximum absolute atomic E-state index is 8.86. The Morgan fingerprint density at radius 1 is 1.10 bits per heavy atom. The molecule has 4 heteroatoms. The molecule has 0 aliphatic heterocycles. The topological polar surface area (TPSA) is 57.2 Å². The average Bonchev–Trinajstić information content (AvgIpc) is 2.55. The van der Waals surface area contributed by atoms with E-state index in [0.29, 0.717) is 18.6 Å². The van der Waals surface area contributed by atoms with E-state index in [2.05, 4.69) is 39.9 Å². The van der Waals surface area contributed by atoms with Gasteiger partial charge in [-0.15, -0.1) is 0 Å². The number of anilines is 1. The van der Waals surface area contributed by atoms with Crippen LogP contribution in [0.5, 0.6) is 0 Å². The van der Waals surface area contributed by atoms with E-state index in [9.17, 15) is 0 Å². The van der Waals surface area contributed by atoms with Crippen LogP contribution in [0.4, 0.5) is 5.69 Å². The molecule has 0 radical (unpaired) electrons. The van der Waals surface area contributed by atoms with Gasteiger partial charge >= 0.3 is 0 Å². The monoisotopic (exact) mass is 285 g/mol. The normalized spacial score (nSPS) is 22.3. The molecule has 0 bridgehead atoms. The molecule has 0 unspecified atom stereocenters. The Morgan fingerprint density at radius 3 is 2.71 bits per heavy atom. The molecule has 1 aliphatic carbocycles. The average molecular weight is 285 g/mol. The molecule has 2 aromatic rings. The van der Waals surface area contributed by atoms with Crippen LogP contribution in [0.3, 0.4) is 0 Å². The van der Waals surface area contributed by atoms with E-state index in [-0.39, 0.29) is 6.61 Å². The number of aromatic nitrogens is 1. The number of rotatable bonds is 5. The van der Waals surface area contributed by atoms with Crippen LogP contribution >= 0.6 is 0 Å². The van der Waals surface area contributed by atoms with Crippen LogP contribution in [-0.4, -0.2) is 35.3 Å². The molecule has 3 N–H and O–H groups in total. The standard InChI is InChI=1S/C17H23N3O/c21-11-10-19-14-4-6-15(7-5-14)20-17-3-1-2-13-12-18-9-8-16(13)17/h1-3,8-9,12,14-15,19-21H,4-7,10-11H2. The fraction of sp³-hybridized carbons (Fsp3) is 0.471. The third-order valence-electron chi connectivity index (χ3n) is 4.31. The van der Waals surface area contributed by atoms with Crippen molar-refractivity contribution < 1.29 is 5.11 Å². The van der Waals surface area contributed by atoms with Crippen molar-refractivity contribution in [2.45, 2.75) is 37.8 Å². The van der Waals surface area contributed by atoms with Gasteiger partial charge in [0.25, 0.3) is 0 Å². The van der Waals surface area contributed by atoms with Crippen LogP contribution in [0.1, 0.15) is 25.7 Å². The Labute approximate surface area is 125 Å². The van der Waals surface area contributed by atoms with Crippen LogP contribution in [0, 0.1) is 0 Å². The molecule has 112 valence electrons. The quantitative estimate of drug-likeness (QED) is 0.790. The van der Waals surface area contributed by atoms with Gasteiger partial charge in [0.05, 0.1) is 6.61 Å². The maximum Gasteiger partial charge on any atom is 0.0556 e. The summed E-state index contributed by atoms with van der Waals surface area (Å²) in [5.41, 5.74) is 1.21. The summed E-state index contributed by atoms with van der Waals surface area (Å²) in [4.78, 5) is 4.18. The Bertz CT molecular complexity index is 574. The molecule has 1 aliphatic rings. The molecule has 0 saturated heterocycles. The van der Waals surface area contributed by atoms with Crippen LogP contribution < -0.4 is 10.6 Å². The SMILES string of the molecule is OCCNC1CCC(Nc2cccc3cnccc23)CC1. The van der Waals surface area contributed by atoms with Crippen LogP contribution in [0.25, 0.3) is 10.8 Å². The van der Waals surface area contributed by atoms with Crippen molar-refractivity contribution in [3.63, 3.8) is 0 Å². The molecular formula is C17H23N3O. The zero-order chi connectivity index (χ0) is 14.5. The van der Waals surface area contributed by atoms with Gasteiger partial charge < -0.3 is 15.7 Å². The van der Waals surface area contributed by atoms with Gasteiger partial charge in [-0.2, -0.15) is 0 Å². The van der Waals surface area contributed by atoms with E-state index in [4.69, 9.17) is 5.11 Å². The molecule has 1 heterocycles. The predicted molar refractivity (Wildman–Crippen MR) is 86.5 cm³/mol. The summed E-state index contributed by atoms with van der Waals surface area (Å²) in [7, 11) is 0. The number of aliphatic hydroxyl groups is 1. The highest BCUT2D eigenvalue weighted by Gasteiger charge is 2.20. The number of pyridine rings is 1. The fourth-order valence-electron chi connectivity index (χ4n) is 3.18. The lowest BCUT2D eigenvalue weighted by molar-refractivity contribution is 0.269. The van der Waals surface area contributed by atoms with Crippen molar-refractivity contribution in [2.24, 2.45) is 0 Å². The minimum atomic E-state index is 0.224. The van der Waals surface area contributed by atoms with E-state index in [1.807, 2.05) is 12.4 Å². The smallest absolute Gasteiger partial charge is 0.0556 e. The molecule has 21 heavy (non-hydrogen) atoms. The highest BCUT2D eigenvalue weighted by atomic mass is 16.3. The highest BCUT2D eigenvalue weighted by Crippen LogP contribution is 2.27. The van der Waals surface area contributed by atoms with E-state index in [0.717, 1.165) is 0 Å². The van der Waals surface area contributed by atoms with Gasteiger partial charge in [-0.25, -0.2) is 0 Å². The number of aliphatic hydroxyl groups excluding tert-OH is 1. The Morgan fingerprint density at radius 2 is 1.90 bits per heavy atom. The number of benzene rings is 1. The summed E-state index contributed by atoms with van der Waals surface area (Å²) in [6.45, 7) is 0.932. The second-order valence-corrected chi connectivity index (χ2v) is 5.77. The van der Waals surface area contributed by atoms with E-state index in [1.165, 1.54) is 42.1 Å². The van der Waals surface area contributed by atoms with Gasteiger partial charge in [0.2, 0.25) is 0 Å². The maximum atomic E-state index is 8.86. The molecule has 1 fully saturated rings. The molecule has 3 rings (SSSR count). The molecular weight excluding hydrogens is 262 g/mol. The molecule has 1 saturated carbocycles. The first-order valence-electron chi connectivity index (χ1n) is 7.80. The Kier molecular flexibility index (Phi) is 4.68. The summed E-state index contributed by atoms with van der Waals surface area (Å²) < 4.78 is 0. The van der Waals surface area contributed by atoms with Crippen molar-refractivity contribution >= 4 is 16.5 Å². The van der Waals surface area contributed by atoms with Gasteiger partial charge in [0, 0.05) is 47.5 Å². The Hall–Kier alpha value is -1.65. The Balaban J connectivity index is 1.62. The first-order valence-corrected chi connectivity index (χ1v) is 7.80. The third kappa shape index (κ3) is 3.52. The second kappa shape index (κ2) is 6.87. The lowest BCUT2D eigenvalue weighted by Crippen LogP contribution is -2.38. The molecule has 1 aromatic carbocycles. The second-order valence-electron chi connectivity index (χ2n) is 5.77. The molecule has 4 nitrogen and oxygen atoms in total. The van der Waals surface area contributed by atoms with Crippen LogP contribution in [0.15, 0.2) is 36.7 Å². The highest BCUT2D eigenvalue weighted by molar-refractivity contribution is 5.93. The van der Waals surface area contributed by atoms with Gasteiger partial charge in [-0.3, -0.25) is 4.98 Å². The van der Waals surface area contributed by atoms with Gasteiger partial charge in [-0.1, -0.05) is 12.1 Å². The minimum Gasteiger partial charge on any atom is -0.395 e. The minimum absolute atomic E-state index is 0.224. The summed E-state index contributed by atoms with van der Waals surface area (Å²) in [6, 6.07) is 9.51. The molecule has 0 atom stereocenters. The van der Waals surface area contributed by atoms with Crippen molar-refractivity contribution in [3.8, 4) is 0 Å². The van der Waals surface area contributed by atoms with E-state index >= 15 is 0 Å². The van der Waals surface area contributed by atoms with Gasteiger partial charge in [0.15, 0.2) is 0 Å². The fourth-order valence-corrected chi connectivity index (χ4v) is 3.18. The number of hydrogen-bond acceptors (Lipinski definition) is 4. The molecule has 0 amide bonds. The van der Waals surface area contributed by atoms with E-state index < -0.39 is 0 Å². The van der Waals surface area contributed by atoms with Crippen molar-refractivity contribution in [1.29, 1.82) is 0 Å². The lowest BCUT2D eigenvalue weighted by Gasteiger charge is -2.30. The predicted octanol–water partition coefficient (Wildman–Crippen LogP) is 2.54. The molecule has 1 aromatic heterocycles. The zero-order valence-corrected chi connectivity index (χ0v) is 12.3. The van der Waals surface area contributed by atoms with Crippen molar-refractivity contribution in [3.05, 3.63) is 36.7 Å². The first kappa shape index (κ1) is 14.3. The first-order chi connectivity index (χ1) is 10.4. The van der Waals surface area contributed by atoms with E-state index in [1.54, 1.807) is 0 Å². The zero-order valence-electron chi connectivity index (χ0n) is 12.3. The van der Waals surface area contributed by atoms with Gasteiger partial charge in [0.1, 0.15) is 0 Å². The summed E-state index contributed by atoms with van der Waals surface area (Å²) >= 11 is 0. The third-order valence-corrected chi connectivity index (χ3v) is 4.31.